The Morgan fingerprint density at radius 3 is 2.77 bits per heavy atom. The van der Waals surface area contributed by atoms with E-state index in [1.165, 1.54) is 13.2 Å². The van der Waals surface area contributed by atoms with Crippen LogP contribution >= 0.6 is 11.6 Å². The minimum atomic E-state index is -0.424. The van der Waals surface area contributed by atoms with Crippen LogP contribution in [-0.2, 0) is 16.1 Å². The number of benzene rings is 2. The summed E-state index contributed by atoms with van der Waals surface area (Å²) in [7, 11) is 1.51. The molecule has 2 aromatic carbocycles. The summed E-state index contributed by atoms with van der Waals surface area (Å²) in [5.41, 5.74) is 1.94. The van der Waals surface area contributed by atoms with Crippen LogP contribution in [0.3, 0.4) is 0 Å². The third kappa shape index (κ3) is 5.55. The molecule has 0 atom stereocenters. The summed E-state index contributed by atoms with van der Waals surface area (Å²) in [6.07, 6.45) is 2.98. The summed E-state index contributed by atoms with van der Waals surface area (Å²) in [6, 6.07) is 9.93. The molecule has 1 heterocycles. The van der Waals surface area contributed by atoms with Gasteiger partial charge in [0.15, 0.2) is 11.5 Å². The van der Waals surface area contributed by atoms with Gasteiger partial charge in [-0.25, -0.2) is 4.79 Å². The van der Waals surface area contributed by atoms with E-state index in [1.54, 1.807) is 42.5 Å². The van der Waals surface area contributed by atoms with Crippen molar-refractivity contribution in [3.05, 3.63) is 58.6 Å². The topological polar surface area (TPSA) is 97.0 Å². The second-order valence-electron chi connectivity index (χ2n) is 6.63. The SMILES string of the molecule is CCOc1cc(/C=C/C(=O)Nc2cccc(CN3C(=O)CNC3=O)c2)cc(Cl)c1OC. The zero-order valence-corrected chi connectivity index (χ0v) is 17.9. The van der Waals surface area contributed by atoms with Crippen LogP contribution in [0.2, 0.25) is 5.02 Å². The van der Waals surface area contributed by atoms with Gasteiger partial charge in [0.2, 0.25) is 11.8 Å². The molecule has 8 nitrogen and oxygen atoms in total. The molecular formula is C22H22ClN3O5. The standard InChI is InChI=1S/C22H22ClN3O5/c1-3-31-18-11-14(10-17(23)21(18)30-2)7-8-19(27)25-16-6-4-5-15(9-16)13-26-20(28)12-24-22(26)29/h4-11H,3,12-13H2,1-2H3,(H,24,29)(H,25,27)/b8-7+. The lowest BCUT2D eigenvalue weighted by Gasteiger charge is -2.13. The number of nitrogens with zero attached hydrogens (tertiary/aromatic N) is 1. The van der Waals surface area contributed by atoms with Gasteiger partial charge in [0.05, 0.1) is 31.8 Å². The van der Waals surface area contributed by atoms with Crippen LogP contribution in [-0.4, -0.2) is 43.0 Å². The molecule has 0 aromatic heterocycles. The summed E-state index contributed by atoms with van der Waals surface area (Å²) in [6.45, 7) is 2.43. The van der Waals surface area contributed by atoms with Gasteiger partial charge in [0.25, 0.3) is 0 Å². The molecule has 1 aliphatic rings. The van der Waals surface area contributed by atoms with Gasteiger partial charge in [0.1, 0.15) is 0 Å². The smallest absolute Gasteiger partial charge is 0.324 e. The summed E-state index contributed by atoms with van der Waals surface area (Å²) < 4.78 is 10.8. The van der Waals surface area contributed by atoms with E-state index in [-0.39, 0.29) is 24.9 Å². The molecule has 1 saturated heterocycles. The Morgan fingerprint density at radius 1 is 1.29 bits per heavy atom. The van der Waals surface area contributed by atoms with E-state index in [9.17, 15) is 14.4 Å². The first-order valence-corrected chi connectivity index (χ1v) is 9.95. The number of hydrogen-bond donors (Lipinski definition) is 2. The average Bonchev–Trinajstić information content (AvgIpc) is 3.05. The van der Waals surface area contributed by atoms with Crippen molar-refractivity contribution < 1.29 is 23.9 Å². The van der Waals surface area contributed by atoms with Crippen molar-refractivity contribution >= 4 is 41.2 Å². The molecule has 162 valence electrons. The predicted octanol–water partition coefficient (Wildman–Crippen LogP) is 3.45. The highest BCUT2D eigenvalue weighted by Crippen LogP contribution is 2.36. The van der Waals surface area contributed by atoms with Gasteiger partial charge in [-0.05, 0) is 48.4 Å². The number of imide groups is 1. The molecule has 31 heavy (non-hydrogen) atoms. The van der Waals surface area contributed by atoms with Crippen LogP contribution in [0.5, 0.6) is 11.5 Å². The largest absolute Gasteiger partial charge is 0.491 e. The van der Waals surface area contributed by atoms with E-state index in [4.69, 9.17) is 21.1 Å². The summed E-state index contributed by atoms with van der Waals surface area (Å²) in [4.78, 5) is 36.9. The van der Waals surface area contributed by atoms with Gasteiger partial charge < -0.3 is 20.1 Å². The first-order valence-electron chi connectivity index (χ1n) is 9.57. The second-order valence-corrected chi connectivity index (χ2v) is 7.04. The van der Waals surface area contributed by atoms with Gasteiger partial charge in [-0.3, -0.25) is 14.5 Å². The molecule has 0 radical (unpaired) electrons. The van der Waals surface area contributed by atoms with Crippen LogP contribution in [0, 0.1) is 0 Å². The molecule has 0 spiro atoms. The van der Waals surface area contributed by atoms with Crippen molar-refractivity contribution in [2.45, 2.75) is 13.5 Å². The van der Waals surface area contributed by atoms with Crippen molar-refractivity contribution in [3.63, 3.8) is 0 Å². The maximum atomic E-state index is 12.3. The predicted molar refractivity (Wildman–Crippen MR) is 117 cm³/mol. The van der Waals surface area contributed by atoms with E-state index in [0.29, 0.717) is 34.4 Å². The molecule has 0 aliphatic carbocycles. The number of rotatable bonds is 8. The van der Waals surface area contributed by atoms with E-state index in [2.05, 4.69) is 10.6 Å². The number of methoxy groups -OCH3 is 1. The van der Waals surface area contributed by atoms with Gasteiger partial charge in [0, 0.05) is 11.8 Å². The number of amides is 4. The van der Waals surface area contributed by atoms with Crippen molar-refractivity contribution in [2.75, 3.05) is 25.6 Å². The van der Waals surface area contributed by atoms with E-state index in [1.807, 2.05) is 6.92 Å². The molecular weight excluding hydrogens is 422 g/mol. The maximum absolute atomic E-state index is 12.3. The summed E-state index contributed by atoms with van der Waals surface area (Å²) in [5.74, 6) is 0.293. The Morgan fingerprint density at radius 2 is 2.10 bits per heavy atom. The third-order valence-electron chi connectivity index (χ3n) is 4.44. The lowest BCUT2D eigenvalue weighted by molar-refractivity contribution is -0.125. The molecule has 9 heteroatoms. The summed E-state index contributed by atoms with van der Waals surface area (Å²) in [5, 5.41) is 5.61. The van der Waals surface area contributed by atoms with Crippen LogP contribution in [0.25, 0.3) is 6.08 Å². The highest BCUT2D eigenvalue weighted by Gasteiger charge is 2.28. The van der Waals surface area contributed by atoms with E-state index in [0.717, 1.165) is 10.5 Å². The molecule has 2 aromatic rings. The number of ether oxygens (including phenoxy) is 2. The quantitative estimate of drug-likeness (QED) is 0.481. The number of halogens is 1. The van der Waals surface area contributed by atoms with Crippen molar-refractivity contribution in [2.24, 2.45) is 0 Å². The molecule has 3 rings (SSSR count). The Labute approximate surface area is 184 Å². The minimum Gasteiger partial charge on any atom is -0.491 e. The molecule has 1 aliphatic heterocycles. The normalized spacial score (nSPS) is 13.5. The van der Waals surface area contributed by atoms with Crippen molar-refractivity contribution in [1.82, 2.24) is 10.2 Å². The van der Waals surface area contributed by atoms with Crippen molar-refractivity contribution in [1.29, 1.82) is 0 Å². The van der Waals surface area contributed by atoms with Gasteiger partial charge >= 0.3 is 6.03 Å². The second kappa shape index (κ2) is 9.99. The van der Waals surface area contributed by atoms with Gasteiger partial charge in [-0.15, -0.1) is 0 Å². The highest BCUT2D eigenvalue weighted by molar-refractivity contribution is 6.32. The van der Waals surface area contributed by atoms with Gasteiger partial charge in [-0.1, -0.05) is 23.7 Å². The van der Waals surface area contributed by atoms with E-state index >= 15 is 0 Å². The monoisotopic (exact) mass is 443 g/mol. The number of urea groups is 1. The Balaban J connectivity index is 1.68. The molecule has 0 saturated carbocycles. The van der Waals surface area contributed by atoms with Crippen LogP contribution in [0.15, 0.2) is 42.5 Å². The Bertz CT molecular complexity index is 1020. The molecule has 0 bridgehead atoms. The Kier molecular flexibility index (Phi) is 7.15. The van der Waals surface area contributed by atoms with Crippen LogP contribution < -0.4 is 20.1 Å². The number of carbonyl (C=O) groups excluding carboxylic acids is 3. The first kappa shape index (κ1) is 22.2. The minimum absolute atomic E-state index is 0.000438. The Hall–Kier alpha value is -3.52. The van der Waals surface area contributed by atoms with Crippen LogP contribution in [0.1, 0.15) is 18.1 Å². The van der Waals surface area contributed by atoms with Crippen molar-refractivity contribution in [3.8, 4) is 11.5 Å². The number of anilines is 1. The number of hydrogen-bond acceptors (Lipinski definition) is 5. The maximum Gasteiger partial charge on any atom is 0.324 e. The fourth-order valence-corrected chi connectivity index (χ4v) is 3.34. The third-order valence-corrected chi connectivity index (χ3v) is 4.72. The zero-order chi connectivity index (χ0) is 22.4. The number of carbonyl (C=O) groups is 3. The zero-order valence-electron chi connectivity index (χ0n) is 17.1. The lowest BCUT2D eigenvalue weighted by atomic mass is 10.1. The lowest BCUT2D eigenvalue weighted by Crippen LogP contribution is -2.30. The highest BCUT2D eigenvalue weighted by atomic mass is 35.5. The molecule has 1 fully saturated rings. The molecule has 4 amide bonds. The molecule has 0 unspecified atom stereocenters. The summed E-state index contributed by atoms with van der Waals surface area (Å²) >= 11 is 6.23. The molecule has 2 N–H and O–H groups in total. The first-order chi connectivity index (χ1) is 14.9. The average molecular weight is 444 g/mol. The number of nitrogens with one attached hydrogen (secondary N) is 2. The van der Waals surface area contributed by atoms with E-state index < -0.39 is 6.03 Å². The fourth-order valence-electron chi connectivity index (χ4n) is 3.05. The van der Waals surface area contributed by atoms with Gasteiger partial charge in [-0.2, -0.15) is 0 Å². The fraction of sp³-hybridized carbons (Fsp3) is 0.227. The van der Waals surface area contributed by atoms with Crippen LogP contribution in [0.4, 0.5) is 10.5 Å².